The van der Waals surface area contributed by atoms with Gasteiger partial charge in [0, 0.05) is 17.1 Å². The highest BCUT2D eigenvalue weighted by Gasteiger charge is 2.07. The highest BCUT2D eigenvalue weighted by atomic mass is 79.9. The molecule has 0 fully saturated rings. The number of hydrogen-bond donors (Lipinski definition) is 0. The Bertz CT molecular complexity index is 516. The first-order chi connectivity index (χ1) is 7.70. The lowest BCUT2D eigenvalue weighted by Crippen LogP contribution is -1.91. The number of hydrogen-bond acceptors (Lipinski definition) is 1. The van der Waals surface area contributed by atoms with Crippen LogP contribution < -0.4 is 0 Å². The van der Waals surface area contributed by atoms with E-state index < -0.39 is 0 Å². The number of pyridine rings is 1. The lowest BCUT2D eigenvalue weighted by atomic mass is 10.0. The van der Waals surface area contributed by atoms with Crippen LogP contribution in [-0.2, 0) is 5.33 Å². The van der Waals surface area contributed by atoms with Gasteiger partial charge in [0.2, 0.25) is 0 Å². The van der Waals surface area contributed by atoms with E-state index in [1.165, 1.54) is 12.1 Å². The van der Waals surface area contributed by atoms with Crippen LogP contribution in [0.3, 0.4) is 0 Å². The number of halogens is 3. The third-order valence-corrected chi connectivity index (χ3v) is 2.94. The molecule has 0 bridgehead atoms. The van der Waals surface area contributed by atoms with Gasteiger partial charge >= 0.3 is 0 Å². The minimum absolute atomic E-state index is 0.266. The summed E-state index contributed by atoms with van der Waals surface area (Å²) in [7, 11) is 0. The smallest absolute Gasteiger partial charge is 0.123 e. The van der Waals surface area contributed by atoms with E-state index in [4.69, 9.17) is 11.6 Å². The van der Waals surface area contributed by atoms with Crippen LogP contribution in [0.15, 0.2) is 36.5 Å². The monoisotopic (exact) mass is 299 g/mol. The average Bonchev–Trinajstić information content (AvgIpc) is 2.29. The van der Waals surface area contributed by atoms with Crippen molar-refractivity contribution in [3.8, 4) is 11.1 Å². The maximum absolute atomic E-state index is 13.1. The van der Waals surface area contributed by atoms with Gasteiger partial charge in [-0.3, -0.25) is 4.98 Å². The number of rotatable bonds is 2. The van der Waals surface area contributed by atoms with E-state index in [9.17, 15) is 4.39 Å². The SMILES string of the molecule is Fc1cccc(-c2cc(Cl)cnc2CBr)c1. The largest absolute Gasteiger partial charge is 0.258 e. The number of aromatic nitrogens is 1. The van der Waals surface area contributed by atoms with Crippen molar-refractivity contribution in [1.82, 2.24) is 4.98 Å². The molecule has 0 amide bonds. The fourth-order valence-corrected chi connectivity index (χ4v) is 2.08. The van der Waals surface area contributed by atoms with Crippen LogP contribution in [0.4, 0.5) is 4.39 Å². The second-order valence-corrected chi connectivity index (χ2v) is 4.29. The Kier molecular flexibility index (Phi) is 3.56. The summed E-state index contributed by atoms with van der Waals surface area (Å²) >= 11 is 9.24. The lowest BCUT2D eigenvalue weighted by molar-refractivity contribution is 0.628. The quantitative estimate of drug-likeness (QED) is 0.747. The summed E-state index contributed by atoms with van der Waals surface area (Å²) in [5, 5.41) is 1.15. The van der Waals surface area contributed by atoms with E-state index in [0.29, 0.717) is 10.4 Å². The van der Waals surface area contributed by atoms with E-state index in [1.54, 1.807) is 18.3 Å². The van der Waals surface area contributed by atoms with E-state index in [-0.39, 0.29) is 5.82 Å². The summed E-state index contributed by atoms with van der Waals surface area (Å²) in [6.07, 6.45) is 1.58. The molecule has 0 aliphatic rings. The molecule has 1 heterocycles. The fraction of sp³-hybridized carbons (Fsp3) is 0.0833. The molecule has 2 aromatic rings. The Morgan fingerprint density at radius 1 is 1.31 bits per heavy atom. The predicted octanol–water partition coefficient (Wildman–Crippen LogP) is 4.44. The molecular weight excluding hydrogens is 292 g/mol. The molecule has 16 heavy (non-hydrogen) atoms. The van der Waals surface area contributed by atoms with Crippen LogP contribution in [-0.4, -0.2) is 4.98 Å². The van der Waals surface area contributed by atoms with Gasteiger partial charge in [0.25, 0.3) is 0 Å². The molecule has 0 unspecified atom stereocenters. The Morgan fingerprint density at radius 2 is 2.12 bits per heavy atom. The van der Waals surface area contributed by atoms with E-state index in [1.807, 2.05) is 6.07 Å². The first kappa shape index (κ1) is 11.6. The van der Waals surface area contributed by atoms with Gasteiger partial charge in [-0.15, -0.1) is 0 Å². The highest BCUT2D eigenvalue weighted by molar-refractivity contribution is 9.08. The summed E-state index contributed by atoms with van der Waals surface area (Å²) in [4.78, 5) is 4.20. The zero-order valence-electron chi connectivity index (χ0n) is 8.25. The van der Waals surface area contributed by atoms with Gasteiger partial charge in [-0.05, 0) is 23.8 Å². The predicted molar refractivity (Wildman–Crippen MR) is 67.3 cm³/mol. The Labute approximate surface area is 106 Å². The van der Waals surface area contributed by atoms with Crippen molar-refractivity contribution in [3.05, 3.63) is 53.1 Å². The van der Waals surface area contributed by atoms with Crippen molar-refractivity contribution >= 4 is 27.5 Å². The highest BCUT2D eigenvalue weighted by Crippen LogP contribution is 2.27. The molecule has 0 aliphatic carbocycles. The van der Waals surface area contributed by atoms with Gasteiger partial charge in [0.1, 0.15) is 5.82 Å². The molecule has 1 aromatic carbocycles. The maximum atomic E-state index is 13.1. The molecule has 1 aromatic heterocycles. The Morgan fingerprint density at radius 3 is 2.81 bits per heavy atom. The molecule has 0 saturated carbocycles. The third-order valence-electron chi connectivity index (χ3n) is 2.20. The van der Waals surface area contributed by atoms with Crippen LogP contribution in [0.2, 0.25) is 5.02 Å². The summed E-state index contributed by atoms with van der Waals surface area (Å²) in [6.45, 7) is 0. The second-order valence-electron chi connectivity index (χ2n) is 3.29. The van der Waals surface area contributed by atoms with Gasteiger partial charge in [0.05, 0.1) is 10.7 Å². The van der Waals surface area contributed by atoms with Crippen molar-refractivity contribution in [2.45, 2.75) is 5.33 Å². The number of alkyl halides is 1. The van der Waals surface area contributed by atoms with Crippen molar-refractivity contribution < 1.29 is 4.39 Å². The zero-order chi connectivity index (χ0) is 11.5. The fourth-order valence-electron chi connectivity index (χ4n) is 1.48. The molecule has 0 atom stereocenters. The molecule has 0 radical (unpaired) electrons. The van der Waals surface area contributed by atoms with Crippen molar-refractivity contribution in [2.75, 3.05) is 0 Å². The lowest BCUT2D eigenvalue weighted by Gasteiger charge is -2.07. The zero-order valence-corrected chi connectivity index (χ0v) is 10.6. The minimum Gasteiger partial charge on any atom is -0.258 e. The summed E-state index contributed by atoms with van der Waals surface area (Å²) in [5.41, 5.74) is 2.48. The molecule has 82 valence electrons. The van der Waals surface area contributed by atoms with Crippen molar-refractivity contribution in [2.24, 2.45) is 0 Å². The number of benzene rings is 1. The molecule has 2 rings (SSSR count). The van der Waals surface area contributed by atoms with Crippen LogP contribution in [0.1, 0.15) is 5.69 Å². The topological polar surface area (TPSA) is 12.9 Å². The van der Waals surface area contributed by atoms with Crippen LogP contribution in [0, 0.1) is 5.82 Å². The van der Waals surface area contributed by atoms with E-state index in [2.05, 4.69) is 20.9 Å². The molecule has 0 N–H and O–H groups in total. The molecular formula is C12H8BrClFN. The van der Waals surface area contributed by atoms with Crippen molar-refractivity contribution in [1.29, 1.82) is 0 Å². The first-order valence-electron chi connectivity index (χ1n) is 4.67. The van der Waals surface area contributed by atoms with Crippen molar-refractivity contribution in [3.63, 3.8) is 0 Å². The maximum Gasteiger partial charge on any atom is 0.123 e. The van der Waals surface area contributed by atoms with Gasteiger partial charge in [-0.25, -0.2) is 4.39 Å². The van der Waals surface area contributed by atoms with Gasteiger partial charge < -0.3 is 0 Å². The number of nitrogens with zero attached hydrogens (tertiary/aromatic N) is 1. The molecule has 0 aliphatic heterocycles. The van der Waals surface area contributed by atoms with Gasteiger partial charge in [-0.2, -0.15) is 0 Å². The summed E-state index contributed by atoms with van der Waals surface area (Å²) < 4.78 is 13.1. The molecule has 0 saturated heterocycles. The normalized spacial score (nSPS) is 10.4. The molecule has 4 heteroatoms. The minimum atomic E-state index is -0.266. The summed E-state index contributed by atoms with van der Waals surface area (Å²) in [6, 6.07) is 8.18. The van der Waals surface area contributed by atoms with E-state index in [0.717, 1.165) is 16.8 Å². The third kappa shape index (κ3) is 2.42. The first-order valence-corrected chi connectivity index (χ1v) is 6.17. The Balaban J connectivity index is 2.58. The second kappa shape index (κ2) is 4.93. The van der Waals surface area contributed by atoms with Crippen LogP contribution >= 0.6 is 27.5 Å². The molecule has 1 nitrogen and oxygen atoms in total. The van der Waals surface area contributed by atoms with Gasteiger partial charge in [0.15, 0.2) is 0 Å². The average molecular weight is 301 g/mol. The van der Waals surface area contributed by atoms with Crippen LogP contribution in [0.5, 0.6) is 0 Å². The van der Waals surface area contributed by atoms with Crippen LogP contribution in [0.25, 0.3) is 11.1 Å². The van der Waals surface area contributed by atoms with Gasteiger partial charge in [-0.1, -0.05) is 39.7 Å². The van der Waals surface area contributed by atoms with E-state index >= 15 is 0 Å². The standard InChI is InChI=1S/C12H8BrClFN/c13-6-12-11(5-9(14)7-16-12)8-2-1-3-10(15)4-8/h1-5,7H,6H2. The Hall–Kier alpha value is -0.930. The summed E-state index contributed by atoms with van der Waals surface area (Å²) in [5.74, 6) is -0.266. The molecule has 0 spiro atoms.